The van der Waals surface area contributed by atoms with E-state index < -0.39 is 26.4 Å². The van der Waals surface area contributed by atoms with Crippen LogP contribution in [0.1, 0.15) is 11.1 Å². The minimum atomic E-state index is -4.06. The summed E-state index contributed by atoms with van der Waals surface area (Å²) in [6, 6.07) is 17.9. The van der Waals surface area contributed by atoms with Gasteiger partial charge in [-0.2, -0.15) is 5.26 Å². The number of anilines is 1. The summed E-state index contributed by atoms with van der Waals surface area (Å²) in [6.45, 7) is 0.104. The molecular weight excluding hydrogens is 432 g/mol. The second kappa shape index (κ2) is 8.29. The molecular formula is C24H17F2N3O2S. The van der Waals surface area contributed by atoms with Gasteiger partial charge >= 0.3 is 0 Å². The second-order valence-corrected chi connectivity index (χ2v) is 9.08. The zero-order chi connectivity index (χ0) is 22.9. The summed E-state index contributed by atoms with van der Waals surface area (Å²) in [5.74, 6) is -1.35. The molecule has 0 aliphatic rings. The molecule has 160 valence electrons. The van der Waals surface area contributed by atoms with Crippen LogP contribution in [0.3, 0.4) is 0 Å². The smallest absolute Gasteiger partial charge is 0.216 e. The number of para-hydroxylation sites is 1. The summed E-state index contributed by atoms with van der Waals surface area (Å²) in [5.41, 5.74) is 7.50. The Kier molecular flexibility index (Phi) is 5.51. The van der Waals surface area contributed by atoms with Crippen LogP contribution in [-0.4, -0.2) is 13.0 Å². The number of nitrogens with two attached hydrogens (primary N) is 1. The minimum absolute atomic E-state index is 0.0448. The molecule has 4 aromatic rings. The van der Waals surface area contributed by atoms with Gasteiger partial charge in [0.15, 0.2) is 0 Å². The predicted molar refractivity (Wildman–Crippen MR) is 119 cm³/mol. The number of sulfone groups is 1. The van der Waals surface area contributed by atoms with Crippen molar-refractivity contribution in [3.8, 4) is 6.07 Å². The molecule has 1 heterocycles. The average molecular weight is 449 g/mol. The van der Waals surface area contributed by atoms with Gasteiger partial charge < -0.3 is 10.3 Å². The number of nitrogens with zero attached hydrogens (tertiary/aromatic N) is 2. The first kappa shape index (κ1) is 21.3. The Balaban J connectivity index is 1.81. The van der Waals surface area contributed by atoms with Gasteiger partial charge in [0, 0.05) is 40.0 Å². The molecule has 0 saturated heterocycles. The Morgan fingerprint density at radius 1 is 1.06 bits per heavy atom. The number of rotatable bonds is 5. The van der Waals surface area contributed by atoms with E-state index in [1.54, 1.807) is 41.1 Å². The van der Waals surface area contributed by atoms with Crippen LogP contribution in [0.25, 0.3) is 17.0 Å². The normalized spacial score (nSPS) is 12.1. The summed E-state index contributed by atoms with van der Waals surface area (Å²) < 4.78 is 55.1. The standard InChI is InChI=1S/C24H17F2N3O2S/c25-18-6-5-16(23(26)12-18)14-29-15-17(22-3-1-2-4-24(22)29)11-21(13-27)32(30,31)20-9-7-19(28)8-10-20/h1-12,15H,14,28H2/b21-11+. The van der Waals surface area contributed by atoms with Gasteiger partial charge in [-0.25, -0.2) is 17.2 Å². The lowest BCUT2D eigenvalue weighted by molar-refractivity contribution is 0.567. The van der Waals surface area contributed by atoms with Crippen LogP contribution < -0.4 is 5.73 Å². The number of hydrogen-bond acceptors (Lipinski definition) is 4. The Morgan fingerprint density at radius 2 is 1.78 bits per heavy atom. The largest absolute Gasteiger partial charge is 0.399 e. The van der Waals surface area contributed by atoms with Crippen molar-refractivity contribution in [2.45, 2.75) is 11.4 Å². The summed E-state index contributed by atoms with van der Waals surface area (Å²) in [5, 5.41) is 10.3. The first-order valence-corrected chi connectivity index (χ1v) is 11.0. The highest BCUT2D eigenvalue weighted by Gasteiger charge is 2.21. The molecule has 2 N–H and O–H groups in total. The van der Waals surface area contributed by atoms with Gasteiger partial charge in [-0.1, -0.05) is 24.3 Å². The Bertz CT molecular complexity index is 1500. The number of nitriles is 1. The van der Waals surface area contributed by atoms with Crippen molar-refractivity contribution < 1.29 is 17.2 Å². The number of benzene rings is 3. The summed E-state index contributed by atoms with van der Waals surface area (Å²) in [4.78, 5) is -0.477. The van der Waals surface area contributed by atoms with Gasteiger partial charge in [-0.15, -0.1) is 0 Å². The van der Waals surface area contributed by atoms with Gasteiger partial charge in [-0.05, 0) is 42.5 Å². The van der Waals surface area contributed by atoms with Crippen LogP contribution >= 0.6 is 0 Å². The fourth-order valence-corrected chi connectivity index (χ4v) is 4.59. The molecule has 1 aromatic heterocycles. The number of allylic oxidation sites excluding steroid dienone is 1. The van der Waals surface area contributed by atoms with Crippen LogP contribution in [-0.2, 0) is 16.4 Å². The SMILES string of the molecule is N#C/C(=C\c1cn(Cc2ccc(F)cc2F)c2ccccc12)S(=O)(=O)c1ccc(N)cc1. The fraction of sp³-hybridized carbons (Fsp3) is 0.0417. The van der Waals surface area contributed by atoms with E-state index in [-0.39, 0.29) is 17.0 Å². The van der Waals surface area contributed by atoms with Gasteiger partial charge in [0.2, 0.25) is 9.84 Å². The molecule has 0 radical (unpaired) electrons. The fourth-order valence-electron chi connectivity index (χ4n) is 3.44. The third-order valence-electron chi connectivity index (χ3n) is 5.05. The van der Waals surface area contributed by atoms with Crippen LogP contribution in [0, 0.1) is 23.0 Å². The van der Waals surface area contributed by atoms with Crippen LogP contribution in [0.2, 0.25) is 0 Å². The lowest BCUT2D eigenvalue weighted by Crippen LogP contribution is -2.03. The number of nitrogen functional groups attached to an aromatic ring is 1. The van der Waals surface area contributed by atoms with Crippen LogP contribution in [0.15, 0.2) is 82.7 Å². The highest BCUT2D eigenvalue weighted by Crippen LogP contribution is 2.28. The molecule has 0 amide bonds. The highest BCUT2D eigenvalue weighted by atomic mass is 32.2. The zero-order valence-corrected chi connectivity index (χ0v) is 17.5. The molecule has 5 nitrogen and oxygen atoms in total. The van der Waals surface area contributed by atoms with Gasteiger partial charge in [0.25, 0.3) is 0 Å². The Morgan fingerprint density at radius 3 is 2.47 bits per heavy atom. The molecule has 0 fully saturated rings. The van der Waals surface area contributed by atoms with Crippen molar-refractivity contribution >= 4 is 32.5 Å². The monoisotopic (exact) mass is 449 g/mol. The first-order chi connectivity index (χ1) is 15.3. The van der Waals surface area contributed by atoms with Crippen LogP contribution in [0.5, 0.6) is 0 Å². The third-order valence-corrected chi connectivity index (χ3v) is 6.73. The maximum Gasteiger partial charge on any atom is 0.216 e. The van der Waals surface area contributed by atoms with E-state index in [1.165, 1.54) is 42.5 Å². The molecule has 3 aromatic carbocycles. The average Bonchev–Trinajstić information content (AvgIpc) is 3.11. The maximum atomic E-state index is 14.2. The molecule has 4 rings (SSSR count). The van der Waals surface area contributed by atoms with E-state index in [9.17, 15) is 22.5 Å². The molecule has 0 saturated carbocycles. The van der Waals surface area contributed by atoms with Crippen molar-refractivity contribution in [1.29, 1.82) is 5.26 Å². The minimum Gasteiger partial charge on any atom is -0.399 e. The maximum absolute atomic E-state index is 14.2. The number of fused-ring (bicyclic) bond motifs is 1. The Labute approximate surface area is 183 Å². The molecule has 0 unspecified atom stereocenters. The zero-order valence-electron chi connectivity index (χ0n) is 16.7. The lowest BCUT2D eigenvalue weighted by Gasteiger charge is -2.07. The molecule has 8 heteroatoms. The second-order valence-electron chi connectivity index (χ2n) is 7.16. The topological polar surface area (TPSA) is 88.9 Å². The van der Waals surface area contributed by atoms with E-state index in [4.69, 9.17) is 5.73 Å². The van der Waals surface area contributed by atoms with E-state index in [0.717, 1.165) is 6.07 Å². The third kappa shape index (κ3) is 3.98. The molecule has 0 aliphatic carbocycles. The van der Waals surface area contributed by atoms with E-state index in [0.29, 0.717) is 22.2 Å². The number of aromatic nitrogens is 1. The van der Waals surface area contributed by atoms with Gasteiger partial charge in [0.1, 0.15) is 22.6 Å². The van der Waals surface area contributed by atoms with Gasteiger partial charge in [-0.3, -0.25) is 0 Å². The summed E-state index contributed by atoms with van der Waals surface area (Å²) in [7, 11) is -4.06. The predicted octanol–water partition coefficient (Wildman–Crippen LogP) is 4.89. The summed E-state index contributed by atoms with van der Waals surface area (Å²) >= 11 is 0. The van der Waals surface area contributed by atoms with Crippen LogP contribution in [0.4, 0.5) is 14.5 Å². The molecule has 0 spiro atoms. The van der Waals surface area contributed by atoms with E-state index in [1.807, 2.05) is 0 Å². The lowest BCUT2D eigenvalue weighted by atomic mass is 10.1. The van der Waals surface area contributed by atoms with E-state index in [2.05, 4.69) is 0 Å². The first-order valence-electron chi connectivity index (χ1n) is 9.54. The number of hydrogen-bond donors (Lipinski definition) is 1. The Hall–Kier alpha value is -3.96. The van der Waals surface area contributed by atoms with Crippen molar-refractivity contribution in [3.63, 3.8) is 0 Å². The summed E-state index contributed by atoms with van der Waals surface area (Å²) in [6.07, 6.45) is 2.94. The molecule has 0 aliphatic heterocycles. The van der Waals surface area contributed by atoms with Crippen molar-refractivity contribution in [3.05, 3.63) is 101 Å². The number of halogens is 2. The van der Waals surface area contributed by atoms with Crippen molar-refractivity contribution in [1.82, 2.24) is 4.57 Å². The molecule has 0 atom stereocenters. The molecule has 0 bridgehead atoms. The highest BCUT2D eigenvalue weighted by molar-refractivity contribution is 7.95. The molecule has 32 heavy (non-hydrogen) atoms. The quantitative estimate of drug-likeness (QED) is 0.347. The van der Waals surface area contributed by atoms with Crippen molar-refractivity contribution in [2.75, 3.05) is 5.73 Å². The van der Waals surface area contributed by atoms with Gasteiger partial charge in [0.05, 0.1) is 11.4 Å². The van der Waals surface area contributed by atoms with E-state index >= 15 is 0 Å². The van der Waals surface area contributed by atoms with Crippen molar-refractivity contribution in [2.24, 2.45) is 0 Å².